The van der Waals surface area contributed by atoms with Gasteiger partial charge in [-0.15, -0.1) is 0 Å². The molecule has 0 bridgehead atoms. The summed E-state index contributed by atoms with van der Waals surface area (Å²) >= 11 is 0. The molecule has 2 aliphatic rings. The van der Waals surface area contributed by atoms with Crippen LogP contribution < -0.4 is 10.9 Å². The summed E-state index contributed by atoms with van der Waals surface area (Å²) in [5, 5.41) is 3.45. The molecule has 1 fully saturated rings. The SMILES string of the molecule is O=c1[nH]c2c(n3ccnc13)C1(CCNCC1)c1ccccc1-2. The van der Waals surface area contributed by atoms with Gasteiger partial charge in [0.1, 0.15) is 0 Å². The van der Waals surface area contributed by atoms with E-state index in [1.54, 1.807) is 6.20 Å². The molecule has 0 amide bonds. The molecule has 0 unspecified atom stereocenters. The zero-order valence-electron chi connectivity index (χ0n) is 12.1. The quantitative estimate of drug-likeness (QED) is 0.662. The number of fused-ring (bicyclic) bond motifs is 7. The lowest BCUT2D eigenvalue weighted by atomic mass is 9.73. The van der Waals surface area contributed by atoms with Gasteiger partial charge in [0.2, 0.25) is 5.65 Å². The Hall–Kier alpha value is -2.40. The van der Waals surface area contributed by atoms with Crippen LogP contribution in [0.5, 0.6) is 0 Å². The summed E-state index contributed by atoms with van der Waals surface area (Å²) in [5.41, 5.74) is 5.00. The molecule has 0 saturated carbocycles. The summed E-state index contributed by atoms with van der Waals surface area (Å²) < 4.78 is 2.00. The highest BCUT2D eigenvalue weighted by Crippen LogP contribution is 2.51. The Morgan fingerprint density at radius 1 is 1.18 bits per heavy atom. The van der Waals surface area contributed by atoms with Gasteiger partial charge in [-0.2, -0.15) is 0 Å². The second-order valence-electron chi connectivity index (χ2n) is 6.18. The van der Waals surface area contributed by atoms with Crippen LogP contribution in [0.15, 0.2) is 41.5 Å². The fourth-order valence-electron chi connectivity index (χ4n) is 4.27. The maximum atomic E-state index is 12.3. The number of rotatable bonds is 0. The topological polar surface area (TPSA) is 62.2 Å². The van der Waals surface area contributed by atoms with Gasteiger partial charge in [0, 0.05) is 23.4 Å². The Morgan fingerprint density at radius 3 is 2.86 bits per heavy atom. The number of hydrogen-bond donors (Lipinski definition) is 2. The molecule has 3 heterocycles. The summed E-state index contributed by atoms with van der Waals surface area (Å²) in [6.07, 6.45) is 5.70. The monoisotopic (exact) mass is 292 g/mol. The van der Waals surface area contributed by atoms with Gasteiger partial charge >= 0.3 is 0 Å². The van der Waals surface area contributed by atoms with Gasteiger partial charge < -0.3 is 10.3 Å². The third kappa shape index (κ3) is 1.32. The maximum absolute atomic E-state index is 12.3. The summed E-state index contributed by atoms with van der Waals surface area (Å²) in [4.78, 5) is 19.7. The maximum Gasteiger partial charge on any atom is 0.292 e. The molecule has 2 aromatic heterocycles. The molecule has 5 rings (SSSR count). The van der Waals surface area contributed by atoms with E-state index < -0.39 is 0 Å². The van der Waals surface area contributed by atoms with Crippen LogP contribution in [-0.2, 0) is 5.41 Å². The minimum absolute atomic E-state index is 0.0275. The Kier molecular flexibility index (Phi) is 2.26. The second kappa shape index (κ2) is 4.08. The second-order valence-corrected chi connectivity index (χ2v) is 6.18. The van der Waals surface area contributed by atoms with Gasteiger partial charge in [-0.25, -0.2) is 4.98 Å². The van der Waals surface area contributed by atoms with Gasteiger partial charge in [0.15, 0.2) is 0 Å². The molecule has 1 aliphatic carbocycles. The molecular weight excluding hydrogens is 276 g/mol. The first-order valence-electron chi connectivity index (χ1n) is 7.72. The van der Waals surface area contributed by atoms with Crippen molar-refractivity contribution in [3.8, 4) is 11.3 Å². The third-order valence-electron chi connectivity index (χ3n) is 5.18. The number of aromatic nitrogens is 3. The predicted octanol–water partition coefficient (Wildman–Crippen LogP) is 1.67. The van der Waals surface area contributed by atoms with Crippen molar-refractivity contribution in [3.05, 3.63) is 58.3 Å². The predicted molar refractivity (Wildman–Crippen MR) is 84.1 cm³/mol. The van der Waals surface area contributed by atoms with Gasteiger partial charge in [-0.1, -0.05) is 24.3 Å². The summed E-state index contributed by atoms with van der Waals surface area (Å²) in [6.45, 7) is 1.98. The fraction of sp³-hybridized carbons (Fsp3) is 0.294. The van der Waals surface area contributed by atoms with Crippen LogP contribution in [0.4, 0.5) is 0 Å². The van der Waals surface area contributed by atoms with E-state index in [1.165, 1.54) is 11.3 Å². The average Bonchev–Trinajstić information content (AvgIpc) is 3.13. The molecular formula is C17H16N4O. The number of benzene rings is 1. The van der Waals surface area contributed by atoms with Crippen LogP contribution in [-0.4, -0.2) is 27.5 Å². The smallest absolute Gasteiger partial charge is 0.292 e. The number of aromatic amines is 1. The molecule has 1 aromatic carbocycles. The summed E-state index contributed by atoms with van der Waals surface area (Å²) in [7, 11) is 0. The largest absolute Gasteiger partial charge is 0.317 e. The van der Waals surface area contributed by atoms with E-state index in [4.69, 9.17) is 0 Å². The Labute approximate surface area is 127 Å². The number of nitrogens with zero attached hydrogens (tertiary/aromatic N) is 2. The lowest BCUT2D eigenvalue weighted by Crippen LogP contribution is -2.40. The standard InChI is InChI=1S/C17H16N4O/c22-16-15-19-9-10-21(15)14-13(20-16)11-3-1-2-4-12(11)17(14)5-7-18-8-6-17/h1-4,9-10,18H,5-8H2,(H,20,22). The molecule has 1 saturated heterocycles. The van der Waals surface area contributed by atoms with Crippen LogP contribution in [0.1, 0.15) is 24.1 Å². The normalized spacial score (nSPS) is 18.5. The number of imidazole rings is 1. The van der Waals surface area contributed by atoms with Crippen LogP contribution in [0.25, 0.3) is 16.9 Å². The number of nitrogens with one attached hydrogen (secondary N) is 2. The molecule has 5 nitrogen and oxygen atoms in total. The number of H-pyrrole nitrogens is 1. The highest BCUT2D eigenvalue weighted by atomic mass is 16.1. The van der Waals surface area contributed by atoms with Crippen molar-refractivity contribution >= 4 is 5.65 Å². The van der Waals surface area contributed by atoms with E-state index in [1.807, 2.05) is 16.7 Å². The molecule has 110 valence electrons. The van der Waals surface area contributed by atoms with Crippen molar-refractivity contribution in [2.24, 2.45) is 0 Å². The molecule has 0 atom stereocenters. The highest BCUT2D eigenvalue weighted by Gasteiger charge is 2.46. The van der Waals surface area contributed by atoms with E-state index in [0.29, 0.717) is 5.65 Å². The molecule has 2 N–H and O–H groups in total. The van der Waals surface area contributed by atoms with Gasteiger partial charge in [-0.05, 0) is 31.5 Å². The highest BCUT2D eigenvalue weighted by molar-refractivity contribution is 5.78. The van der Waals surface area contributed by atoms with Crippen molar-refractivity contribution in [3.63, 3.8) is 0 Å². The van der Waals surface area contributed by atoms with E-state index in [-0.39, 0.29) is 11.0 Å². The number of piperidine rings is 1. The molecule has 3 aromatic rings. The zero-order chi connectivity index (χ0) is 14.7. The lowest BCUT2D eigenvalue weighted by molar-refractivity contribution is 0.359. The first-order chi connectivity index (χ1) is 10.8. The van der Waals surface area contributed by atoms with Crippen molar-refractivity contribution in [2.45, 2.75) is 18.3 Å². The molecule has 5 heteroatoms. The molecule has 0 radical (unpaired) electrons. The Balaban J connectivity index is 1.97. The average molecular weight is 292 g/mol. The van der Waals surface area contributed by atoms with Gasteiger partial charge in [0.05, 0.1) is 11.4 Å². The molecule has 1 aliphatic heterocycles. The van der Waals surface area contributed by atoms with E-state index in [0.717, 1.165) is 37.2 Å². The Bertz CT molecular complexity index is 947. The number of hydrogen-bond acceptors (Lipinski definition) is 3. The van der Waals surface area contributed by atoms with Gasteiger partial charge in [-0.3, -0.25) is 9.20 Å². The van der Waals surface area contributed by atoms with E-state index >= 15 is 0 Å². The first-order valence-corrected chi connectivity index (χ1v) is 7.72. The lowest BCUT2D eigenvalue weighted by Gasteiger charge is -2.36. The minimum Gasteiger partial charge on any atom is -0.317 e. The van der Waals surface area contributed by atoms with E-state index in [2.05, 4.69) is 33.5 Å². The minimum atomic E-state index is -0.121. The van der Waals surface area contributed by atoms with Crippen LogP contribution in [0.2, 0.25) is 0 Å². The van der Waals surface area contributed by atoms with Crippen LogP contribution >= 0.6 is 0 Å². The van der Waals surface area contributed by atoms with Crippen molar-refractivity contribution < 1.29 is 0 Å². The van der Waals surface area contributed by atoms with Crippen molar-refractivity contribution in [2.75, 3.05) is 13.1 Å². The molecule has 1 spiro atoms. The summed E-state index contributed by atoms with van der Waals surface area (Å²) in [6, 6.07) is 8.46. The Morgan fingerprint density at radius 2 is 2.00 bits per heavy atom. The van der Waals surface area contributed by atoms with Crippen LogP contribution in [0.3, 0.4) is 0 Å². The van der Waals surface area contributed by atoms with Crippen LogP contribution in [0, 0.1) is 0 Å². The fourth-order valence-corrected chi connectivity index (χ4v) is 4.27. The first kappa shape index (κ1) is 12.2. The summed E-state index contributed by atoms with van der Waals surface area (Å²) in [5.74, 6) is 0. The zero-order valence-corrected chi connectivity index (χ0v) is 12.1. The van der Waals surface area contributed by atoms with Gasteiger partial charge in [0.25, 0.3) is 5.56 Å². The van der Waals surface area contributed by atoms with E-state index in [9.17, 15) is 4.79 Å². The third-order valence-corrected chi connectivity index (χ3v) is 5.18. The van der Waals surface area contributed by atoms with Crippen molar-refractivity contribution in [1.29, 1.82) is 0 Å². The van der Waals surface area contributed by atoms with Crippen molar-refractivity contribution in [1.82, 2.24) is 19.7 Å². The molecule has 22 heavy (non-hydrogen) atoms.